The Bertz CT molecular complexity index is 842. The summed E-state index contributed by atoms with van der Waals surface area (Å²) in [6.07, 6.45) is 9.35. The molecule has 2 nitrogen and oxygen atoms in total. The largest absolute Gasteiger partial charge is 0.465 e. The number of methoxy groups -OCH3 is 1. The lowest BCUT2D eigenvalue weighted by Crippen LogP contribution is -2.03. The Morgan fingerprint density at radius 2 is 1.96 bits per heavy atom. The Morgan fingerprint density at radius 1 is 1.16 bits per heavy atom. The van der Waals surface area contributed by atoms with Crippen LogP contribution in [0.2, 0.25) is 0 Å². The van der Waals surface area contributed by atoms with Gasteiger partial charge < -0.3 is 4.74 Å². The van der Waals surface area contributed by atoms with Crippen LogP contribution in [0, 0.1) is 5.92 Å². The van der Waals surface area contributed by atoms with Gasteiger partial charge in [0.25, 0.3) is 0 Å². The molecule has 0 spiro atoms. The van der Waals surface area contributed by atoms with E-state index in [9.17, 15) is 4.79 Å². The molecule has 0 fully saturated rings. The number of hydrogen-bond acceptors (Lipinski definition) is 2. The van der Waals surface area contributed by atoms with Crippen molar-refractivity contribution in [2.75, 3.05) is 7.11 Å². The van der Waals surface area contributed by atoms with Crippen molar-refractivity contribution in [3.05, 3.63) is 65.3 Å². The number of allylic oxidation sites excluding steroid dienone is 4. The van der Waals surface area contributed by atoms with Crippen molar-refractivity contribution in [1.29, 1.82) is 0 Å². The van der Waals surface area contributed by atoms with E-state index in [-0.39, 0.29) is 5.97 Å². The lowest BCUT2D eigenvalue weighted by Gasteiger charge is -2.19. The molecule has 25 heavy (non-hydrogen) atoms. The van der Waals surface area contributed by atoms with Crippen LogP contribution in [0.1, 0.15) is 55.5 Å². The van der Waals surface area contributed by atoms with Gasteiger partial charge in [0.05, 0.1) is 12.7 Å². The predicted molar refractivity (Wildman–Crippen MR) is 105 cm³/mol. The number of rotatable bonds is 4. The van der Waals surface area contributed by atoms with E-state index in [1.807, 2.05) is 18.2 Å². The SMILES string of the molecule is CCC(C)C1=CCCCC=C1c1cccc2ccc(C(=O)OC)cc12. The van der Waals surface area contributed by atoms with Crippen molar-refractivity contribution >= 4 is 22.3 Å². The van der Waals surface area contributed by atoms with E-state index in [1.54, 1.807) is 0 Å². The molecule has 0 radical (unpaired) electrons. The first-order chi connectivity index (χ1) is 12.2. The molecule has 1 aliphatic carbocycles. The van der Waals surface area contributed by atoms with E-state index in [2.05, 4.69) is 44.2 Å². The fourth-order valence-corrected chi connectivity index (χ4v) is 3.55. The van der Waals surface area contributed by atoms with Crippen molar-refractivity contribution in [3.8, 4) is 0 Å². The molecule has 1 unspecified atom stereocenters. The van der Waals surface area contributed by atoms with Crippen molar-refractivity contribution in [2.24, 2.45) is 5.92 Å². The Labute approximate surface area is 150 Å². The zero-order valence-electron chi connectivity index (χ0n) is 15.3. The minimum Gasteiger partial charge on any atom is -0.465 e. The van der Waals surface area contributed by atoms with Gasteiger partial charge >= 0.3 is 5.97 Å². The van der Waals surface area contributed by atoms with Gasteiger partial charge in [0.1, 0.15) is 0 Å². The summed E-state index contributed by atoms with van der Waals surface area (Å²) in [4.78, 5) is 12.0. The van der Waals surface area contributed by atoms with Gasteiger partial charge in [-0.1, -0.05) is 50.3 Å². The average Bonchev–Trinajstić information content (AvgIpc) is 2.91. The summed E-state index contributed by atoms with van der Waals surface area (Å²) in [5.74, 6) is 0.243. The fourth-order valence-electron chi connectivity index (χ4n) is 3.55. The number of carbonyl (C=O) groups excluding carboxylic acids is 1. The second-order valence-corrected chi connectivity index (χ2v) is 6.75. The van der Waals surface area contributed by atoms with E-state index in [0.29, 0.717) is 11.5 Å². The van der Waals surface area contributed by atoms with Gasteiger partial charge in [0.15, 0.2) is 0 Å². The molecule has 0 heterocycles. The second-order valence-electron chi connectivity index (χ2n) is 6.75. The van der Waals surface area contributed by atoms with Crippen molar-refractivity contribution in [2.45, 2.75) is 39.5 Å². The third-order valence-corrected chi connectivity index (χ3v) is 5.17. The molecular weight excluding hydrogens is 308 g/mol. The lowest BCUT2D eigenvalue weighted by molar-refractivity contribution is 0.0601. The average molecular weight is 334 g/mol. The van der Waals surface area contributed by atoms with Crippen LogP contribution in [0.4, 0.5) is 0 Å². The number of esters is 1. The van der Waals surface area contributed by atoms with Crippen molar-refractivity contribution in [3.63, 3.8) is 0 Å². The van der Waals surface area contributed by atoms with Crippen LogP contribution >= 0.6 is 0 Å². The van der Waals surface area contributed by atoms with Gasteiger partial charge in [-0.05, 0) is 71.2 Å². The van der Waals surface area contributed by atoms with E-state index >= 15 is 0 Å². The highest BCUT2D eigenvalue weighted by molar-refractivity contribution is 6.01. The summed E-state index contributed by atoms with van der Waals surface area (Å²) in [5.41, 5.74) is 4.60. The summed E-state index contributed by atoms with van der Waals surface area (Å²) < 4.78 is 4.90. The van der Waals surface area contributed by atoms with Crippen LogP contribution in [0.15, 0.2) is 54.1 Å². The summed E-state index contributed by atoms with van der Waals surface area (Å²) in [7, 11) is 1.43. The van der Waals surface area contributed by atoms with Crippen LogP contribution in [0.5, 0.6) is 0 Å². The maximum atomic E-state index is 12.0. The van der Waals surface area contributed by atoms with Gasteiger partial charge in [-0.15, -0.1) is 0 Å². The van der Waals surface area contributed by atoms with E-state index in [1.165, 1.54) is 30.2 Å². The fraction of sp³-hybridized carbons (Fsp3) is 0.348. The van der Waals surface area contributed by atoms with E-state index in [4.69, 9.17) is 4.74 Å². The molecule has 2 heteroatoms. The first-order valence-corrected chi connectivity index (χ1v) is 9.17. The Hall–Kier alpha value is -2.35. The molecule has 0 saturated heterocycles. The van der Waals surface area contributed by atoms with Crippen LogP contribution in [-0.2, 0) is 4.74 Å². The summed E-state index contributed by atoms with van der Waals surface area (Å²) in [5, 5.41) is 2.27. The molecule has 1 atom stereocenters. The van der Waals surface area contributed by atoms with Crippen LogP contribution < -0.4 is 0 Å². The first kappa shape index (κ1) is 17.5. The minimum atomic E-state index is -0.288. The number of benzene rings is 2. The standard InChI is InChI=1S/C23H26O2/c1-4-16(2)19-10-6-5-7-11-20(19)21-12-8-9-17-13-14-18(15-22(17)21)23(24)25-3/h8-16H,4-7H2,1-3H3. The van der Waals surface area contributed by atoms with Gasteiger partial charge in [-0.3, -0.25) is 0 Å². The number of hydrogen-bond donors (Lipinski definition) is 0. The smallest absolute Gasteiger partial charge is 0.337 e. The topological polar surface area (TPSA) is 26.3 Å². The highest BCUT2D eigenvalue weighted by atomic mass is 16.5. The maximum absolute atomic E-state index is 12.0. The third kappa shape index (κ3) is 3.53. The van der Waals surface area contributed by atoms with E-state index in [0.717, 1.165) is 30.0 Å². The molecule has 0 bridgehead atoms. The molecule has 0 N–H and O–H groups in total. The molecule has 0 amide bonds. The summed E-state index contributed by atoms with van der Waals surface area (Å²) in [6, 6.07) is 12.2. The quantitative estimate of drug-likeness (QED) is 0.625. The number of fused-ring (bicyclic) bond motifs is 1. The first-order valence-electron chi connectivity index (χ1n) is 9.17. The van der Waals surface area contributed by atoms with Crippen molar-refractivity contribution in [1.82, 2.24) is 0 Å². The number of carbonyl (C=O) groups is 1. The molecule has 0 saturated carbocycles. The summed E-state index contributed by atoms with van der Waals surface area (Å²) >= 11 is 0. The highest BCUT2D eigenvalue weighted by Gasteiger charge is 2.18. The third-order valence-electron chi connectivity index (χ3n) is 5.17. The molecule has 0 aromatic heterocycles. The Morgan fingerprint density at radius 3 is 2.72 bits per heavy atom. The maximum Gasteiger partial charge on any atom is 0.337 e. The van der Waals surface area contributed by atoms with Gasteiger partial charge in [0, 0.05) is 0 Å². The Kier molecular flexibility index (Phi) is 5.37. The molecule has 3 rings (SSSR count). The molecular formula is C23H26O2. The number of ether oxygens (including phenoxy) is 1. The molecule has 0 aliphatic heterocycles. The molecule has 1 aliphatic rings. The zero-order valence-corrected chi connectivity index (χ0v) is 15.3. The monoisotopic (exact) mass is 334 g/mol. The van der Waals surface area contributed by atoms with Crippen LogP contribution in [-0.4, -0.2) is 13.1 Å². The Balaban J connectivity index is 2.19. The zero-order chi connectivity index (χ0) is 17.8. The van der Waals surface area contributed by atoms with Crippen LogP contribution in [0.25, 0.3) is 16.3 Å². The molecule has 2 aromatic carbocycles. The molecule has 2 aromatic rings. The van der Waals surface area contributed by atoms with E-state index < -0.39 is 0 Å². The summed E-state index contributed by atoms with van der Waals surface area (Å²) in [6.45, 7) is 4.54. The van der Waals surface area contributed by atoms with Crippen molar-refractivity contribution < 1.29 is 9.53 Å². The predicted octanol–water partition coefficient (Wildman–Crippen LogP) is 6.17. The molecule has 130 valence electrons. The van der Waals surface area contributed by atoms with Gasteiger partial charge in [-0.25, -0.2) is 4.79 Å². The normalized spacial score (nSPS) is 16.0. The lowest BCUT2D eigenvalue weighted by atomic mass is 9.85. The second kappa shape index (κ2) is 7.69. The van der Waals surface area contributed by atoms with Gasteiger partial charge in [-0.2, -0.15) is 0 Å². The van der Waals surface area contributed by atoms with Crippen LogP contribution in [0.3, 0.4) is 0 Å². The van der Waals surface area contributed by atoms with Gasteiger partial charge in [0.2, 0.25) is 0 Å². The minimum absolute atomic E-state index is 0.288. The highest BCUT2D eigenvalue weighted by Crippen LogP contribution is 2.37.